The summed E-state index contributed by atoms with van der Waals surface area (Å²) in [6, 6.07) is 3.74. The molecule has 2 heterocycles. The molecular formula is C9H9N3S. The molecule has 0 aliphatic carbocycles. The number of rotatable bonds is 1. The highest BCUT2D eigenvalue weighted by molar-refractivity contribution is 7.09. The first-order valence-electron chi connectivity index (χ1n) is 3.90. The van der Waals surface area contributed by atoms with Crippen LogP contribution in [0.5, 0.6) is 0 Å². The Kier molecular flexibility index (Phi) is 1.98. The van der Waals surface area contributed by atoms with Gasteiger partial charge in [0.1, 0.15) is 5.82 Å². The van der Waals surface area contributed by atoms with E-state index < -0.39 is 0 Å². The summed E-state index contributed by atoms with van der Waals surface area (Å²) < 4.78 is 0. The highest BCUT2D eigenvalue weighted by atomic mass is 32.1. The molecule has 0 aliphatic heterocycles. The minimum Gasteiger partial charge on any atom is -0.384 e. The van der Waals surface area contributed by atoms with Gasteiger partial charge in [0.2, 0.25) is 0 Å². The zero-order valence-corrected chi connectivity index (χ0v) is 8.01. The van der Waals surface area contributed by atoms with E-state index in [0.29, 0.717) is 5.82 Å². The zero-order valence-electron chi connectivity index (χ0n) is 7.19. The molecule has 0 atom stereocenters. The summed E-state index contributed by atoms with van der Waals surface area (Å²) in [5, 5.41) is 3.08. The lowest BCUT2D eigenvalue weighted by atomic mass is 10.2. The first-order valence-corrected chi connectivity index (χ1v) is 4.78. The Morgan fingerprint density at radius 2 is 2.31 bits per heavy atom. The molecule has 2 rings (SSSR count). The molecule has 2 aromatic heterocycles. The summed E-state index contributed by atoms with van der Waals surface area (Å²) in [7, 11) is 0. The molecule has 13 heavy (non-hydrogen) atoms. The molecule has 0 spiro atoms. The second-order valence-corrected chi connectivity index (χ2v) is 3.78. The molecule has 0 radical (unpaired) electrons. The van der Waals surface area contributed by atoms with Crippen LogP contribution in [0.4, 0.5) is 5.82 Å². The van der Waals surface area contributed by atoms with E-state index in [0.717, 1.165) is 16.3 Å². The number of pyridine rings is 1. The first-order chi connectivity index (χ1) is 6.25. The monoisotopic (exact) mass is 191 g/mol. The van der Waals surface area contributed by atoms with Crippen molar-refractivity contribution < 1.29 is 0 Å². The summed E-state index contributed by atoms with van der Waals surface area (Å²) in [6.07, 6.45) is 1.69. The van der Waals surface area contributed by atoms with Crippen molar-refractivity contribution in [2.45, 2.75) is 6.92 Å². The van der Waals surface area contributed by atoms with Crippen molar-refractivity contribution in [1.29, 1.82) is 0 Å². The van der Waals surface area contributed by atoms with Gasteiger partial charge in [0.15, 0.2) is 0 Å². The SMILES string of the molecule is Cc1nc(-c2ccnc(N)c2)cs1. The summed E-state index contributed by atoms with van der Waals surface area (Å²) in [6.45, 7) is 1.98. The minimum atomic E-state index is 0.531. The lowest BCUT2D eigenvalue weighted by Crippen LogP contribution is -1.89. The zero-order chi connectivity index (χ0) is 9.26. The van der Waals surface area contributed by atoms with E-state index in [9.17, 15) is 0 Å². The maximum atomic E-state index is 5.57. The summed E-state index contributed by atoms with van der Waals surface area (Å²) in [5.41, 5.74) is 7.56. The quantitative estimate of drug-likeness (QED) is 0.751. The van der Waals surface area contributed by atoms with E-state index in [2.05, 4.69) is 9.97 Å². The Hall–Kier alpha value is -1.42. The number of hydrogen-bond donors (Lipinski definition) is 1. The molecular weight excluding hydrogens is 182 g/mol. The van der Waals surface area contributed by atoms with E-state index in [1.165, 1.54) is 0 Å². The number of nitrogen functional groups attached to an aromatic ring is 1. The molecule has 4 heteroatoms. The van der Waals surface area contributed by atoms with Gasteiger partial charge < -0.3 is 5.73 Å². The van der Waals surface area contributed by atoms with E-state index in [1.807, 2.05) is 24.4 Å². The normalized spacial score (nSPS) is 10.2. The van der Waals surface area contributed by atoms with Gasteiger partial charge in [-0.25, -0.2) is 9.97 Å². The lowest BCUT2D eigenvalue weighted by Gasteiger charge is -1.96. The maximum Gasteiger partial charge on any atom is 0.123 e. The third-order valence-electron chi connectivity index (χ3n) is 1.70. The molecule has 0 aromatic carbocycles. The molecule has 0 unspecified atom stereocenters. The van der Waals surface area contributed by atoms with Gasteiger partial charge in [-0.15, -0.1) is 11.3 Å². The predicted octanol–water partition coefficient (Wildman–Crippen LogP) is 2.10. The van der Waals surface area contributed by atoms with Gasteiger partial charge in [0.05, 0.1) is 10.7 Å². The summed E-state index contributed by atoms with van der Waals surface area (Å²) in [5.74, 6) is 0.531. The van der Waals surface area contributed by atoms with Gasteiger partial charge in [-0.05, 0) is 19.1 Å². The average Bonchev–Trinajstić information content (AvgIpc) is 2.52. The maximum absolute atomic E-state index is 5.57. The molecule has 0 aliphatic rings. The van der Waals surface area contributed by atoms with Crippen molar-refractivity contribution in [3.63, 3.8) is 0 Å². The Labute approximate surface area is 80.3 Å². The molecule has 0 fully saturated rings. The van der Waals surface area contributed by atoms with Gasteiger partial charge >= 0.3 is 0 Å². The first kappa shape index (κ1) is 8.19. The topological polar surface area (TPSA) is 51.8 Å². The fourth-order valence-electron chi connectivity index (χ4n) is 1.10. The van der Waals surface area contributed by atoms with Gasteiger partial charge in [0.25, 0.3) is 0 Å². The van der Waals surface area contributed by atoms with Crippen molar-refractivity contribution in [2.24, 2.45) is 0 Å². The van der Waals surface area contributed by atoms with Gasteiger partial charge in [-0.2, -0.15) is 0 Å². The van der Waals surface area contributed by atoms with Crippen LogP contribution < -0.4 is 5.73 Å². The molecule has 66 valence electrons. The fraction of sp³-hybridized carbons (Fsp3) is 0.111. The number of nitrogens with two attached hydrogens (primary N) is 1. The molecule has 2 aromatic rings. The van der Waals surface area contributed by atoms with E-state index in [-0.39, 0.29) is 0 Å². The van der Waals surface area contributed by atoms with Crippen LogP contribution in [-0.2, 0) is 0 Å². The lowest BCUT2D eigenvalue weighted by molar-refractivity contribution is 1.28. The molecule has 0 saturated carbocycles. The summed E-state index contributed by atoms with van der Waals surface area (Å²) >= 11 is 1.63. The van der Waals surface area contributed by atoms with Crippen molar-refractivity contribution in [3.05, 3.63) is 28.7 Å². The minimum absolute atomic E-state index is 0.531. The van der Waals surface area contributed by atoms with Crippen LogP contribution in [0.2, 0.25) is 0 Å². The van der Waals surface area contributed by atoms with Crippen LogP contribution in [0.3, 0.4) is 0 Å². The number of thiazole rings is 1. The highest BCUT2D eigenvalue weighted by Crippen LogP contribution is 2.21. The third kappa shape index (κ3) is 1.67. The van der Waals surface area contributed by atoms with Crippen molar-refractivity contribution in [3.8, 4) is 11.3 Å². The van der Waals surface area contributed by atoms with E-state index in [4.69, 9.17) is 5.73 Å². The molecule has 0 saturated heterocycles. The largest absolute Gasteiger partial charge is 0.384 e. The molecule has 0 amide bonds. The third-order valence-corrected chi connectivity index (χ3v) is 2.47. The second kappa shape index (κ2) is 3.14. The van der Waals surface area contributed by atoms with Gasteiger partial charge in [-0.1, -0.05) is 0 Å². The standard InChI is InChI=1S/C9H9N3S/c1-6-12-8(5-13-6)7-2-3-11-9(10)4-7/h2-5H,1H3,(H2,10,11). The van der Waals surface area contributed by atoms with Crippen LogP contribution in [0.15, 0.2) is 23.7 Å². The number of hydrogen-bond acceptors (Lipinski definition) is 4. The van der Waals surface area contributed by atoms with Crippen LogP contribution >= 0.6 is 11.3 Å². The fourth-order valence-corrected chi connectivity index (χ4v) is 1.73. The Morgan fingerprint density at radius 1 is 1.46 bits per heavy atom. The predicted molar refractivity (Wildman–Crippen MR) is 54.5 cm³/mol. The summed E-state index contributed by atoms with van der Waals surface area (Å²) in [4.78, 5) is 8.28. The Bertz CT molecular complexity index is 422. The second-order valence-electron chi connectivity index (χ2n) is 2.72. The van der Waals surface area contributed by atoms with Crippen molar-refractivity contribution >= 4 is 17.2 Å². The van der Waals surface area contributed by atoms with Crippen LogP contribution in [-0.4, -0.2) is 9.97 Å². The molecule has 0 bridgehead atoms. The van der Waals surface area contributed by atoms with Crippen molar-refractivity contribution in [1.82, 2.24) is 9.97 Å². The highest BCUT2D eigenvalue weighted by Gasteiger charge is 2.01. The van der Waals surface area contributed by atoms with Crippen molar-refractivity contribution in [2.75, 3.05) is 5.73 Å². The Balaban J connectivity index is 2.46. The average molecular weight is 191 g/mol. The molecule has 2 N–H and O–H groups in total. The van der Waals surface area contributed by atoms with Gasteiger partial charge in [-0.3, -0.25) is 0 Å². The van der Waals surface area contributed by atoms with Crippen LogP contribution in [0.25, 0.3) is 11.3 Å². The van der Waals surface area contributed by atoms with Crippen LogP contribution in [0.1, 0.15) is 5.01 Å². The smallest absolute Gasteiger partial charge is 0.123 e. The molecule has 3 nitrogen and oxygen atoms in total. The van der Waals surface area contributed by atoms with Gasteiger partial charge in [0, 0.05) is 17.1 Å². The number of nitrogens with zero attached hydrogens (tertiary/aromatic N) is 2. The number of aromatic nitrogens is 2. The van der Waals surface area contributed by atoms with E-state index in [1.54, 1.807) is 17.5 Å². The van der Waals surface area contributed by atoms with Crippen LogP contribution in [0, 0.1) is 6.92 Å². The number of anilines is 1. The number of aryl methyl sites for hydroxylation is 1. The Morgan fingerprint density at radius 3 is 2.92 bits per heavy atom. The van der Waals surface area contributed by atoms with E-state index >= 15 is 0 Å².